The summed E-state index contributed by atoms with van der Waals surface area (Å²) >= 11 is 0. The van der Waals surface area contributed by atoms with E-state index in [1.54, 1.807) is 13.2 Å². The van der Waals surface area contributed by atoms with Crippen LogP contribution in [0.15, 0.2) is 18.2 Å². The molecule has 2 rings (SSSR count). The Morgan fingerprint density at radius 2 is 2.22 bits per heavy atom. The van der Waals surface area contributed by atoms with E-state index in [-0.39, 0.29) is 5.75 Å². The van der Waals surface area contributed by atoms with Crippen LogP contribution in [0.2, 0.25) is 0 Å². The number of hydrogen-bond donors (Lipinski definition) is 2. The fourth-order valence-corrected chi connectivity index (χ4v) is 2.47. The number of phenols is 1. The monoisotopic (exact) mass is 250 g/mol. The zero-order valence-electron chi connectivity index (χ0n) is 11.3. The molecule has 1 aliphatic rings. The Bertz CT molecular complexity index is 409. The average Bonchev–Trinajstić information content (AvgIpc) is 2.34. The van der Waals surface area contributed by atoms with Crippen LogP contribution in [0.3, 0.4) is 0 Å². The quantitative estimate of drug-likeness (QED) is 0.855. The molecule has 100 valence electrons. The first kappa shape index (κ1) is 13.2. The first-order valence-electron chi connectivity index (χ1n) is 6.44. The number of para-hydroxylation sites is 1. The fourth-order valence-electron chi connectivity index (χ4n) is 2.47. The summed E-state index contributed by atoms with van der Waals surface area (Å²) in [6.45, 7) is 7.24. The van der Waals surface area contributed by atoms with E-state index in [4.69, 9.17) is 4.74 Å². The van der Waals surface area contributed by atoms with Crippen LogP contribution in [0.5, 0.6) is 11.5 Å². The minimum atomic E-state index is 0.214. The summed E-state index contributed by atoms with van der Waals surface area (Å²) in [5, 5.41) is 13.2. The van der Waals surface area contributed by atoms with Gasteiger partial charge < -0.3 is 15.2 Å². The van der Waals surface area contributed by atoms with E-state index in [9.17, 15) is 5.11 Å². The van der Waals surface area contributed by atoms with Gasteiger partial charge in [0.2, 0.25) is 0 Å². The summed E-state index contributed by atoms with van der Waals surface area (Å²) < 4.78 is 5.29. The van der Waals surface area contributed by atoms with Gasteiger partial charge >= 0.3 is 0 Å². The second-order valence-electron chi connectivity index (χ2n) is 5.06. The van der Waals surface area contributed by atoms with Gasteiger partial charge in [0.1, 0.15) is 0 Å². The molecule has 1 aliphatic heterocycles. The van der Waals surface area contributed by atoms with Crippen LogP contribution in [0.4, 0.5) is 0 Å². The molecule has 0 bridgehead atoms. The number of ether oxygens (including phenoxy) is 1. The van der Waals surface area contributed by atoms with Crippen LogP contribution in [-0.2, 0) is 6.54 Å². The highest BCUT2D eigenvalue weighted by atomic mass is 16.5. The van der Waals surface area contributed by atoms with Gasteiger partial charge in [0.25, 0.3) is 0 Å². The van der Waals surface area contributed by atoms with E-state index in [0.717, 1.165) is 25.2 Å². The van der Waals surface area contributed by atoms with Crippen molar-refractivity contribution >= 4 is 0 Å². The lowest BCUT2D eigenvalue weighted by molar-refractivity contribution is 0.137. The molecule has 1 saturated heterocycles. The first-order chi connectivity index (χ1) is 8.61. The number of methoxy groups -OCH3 is 1. The molecule has 0 amide bonds. The topological polar surface area (TPSA) is 44.7 Å². The molecule has 0 aliphatic carbocycles. The molecular formula is C14H22N2O2. The maximum Gasteiger partial charge on any atom is 0.164 e. The summed E-state index contributed by atoms with van der Waals surface area (Å²) in [6, 6.07) is 6.53. The van der Waals surface area contributed by atoms with Crippen LogP contribution in [-0.4, -0.2) is 42.3 Å². The molecular weight excluding hydrogens is 228 g/mol. The van der Waals surface area contributed by atoms with Gasteiger partial charge in [-0.3, -0.25) is 4.90 Å². The summed E-state index contributed by atoms with van der Waals surface area (Å²) in [7, 11) is 1.60. The zero-order valence-corrected chi connectivity index (χ0v) is 11.3. The van der Waals surface area contributed by atoms with Gasteiger partial charge in [-0.2, -0.15) is 0 Å². The van der Waals surface area contributed by atoms with Crippen LogP contribution >= 0.6 is 0 Å². The predicted molar refractivity (Wildman–Crippen MR) is 72.0 cm³/mol. The molecule has 2 atom stereocenters. The van der Waals surface area contributed by atoms with E-state index in [0.29, 0.717) is 17.8 Å². The molecule has 0 saturated carbocycles. The summed E-state index contributed by atoms with van der Waals surface area (Å²) in [5.41, 5.74) is 1.04. The smallest absolute Gasteiger partial charge is 0.164 e. The Balaban J connectivity index is 2.15. The van der Waals surface area contributed by atoms with Crippen LogP contribution in [0, 0.1) is 0 Å². The van der Waals surface area contributed by atoms with Crippen LogP contribution in [0.25, 0.3) is 0 Å². The van der Waals surface area contributed by atoms with Crippen molar-refractivity contribution in [3.05, 3.63) is 23.8 Å². The van der Waals surface area contributed by atoms with E-state index < -0.39 is 0 Å². The molecule has 1 heterocycles. The van der Waals surface area contributed by atoms with Gasteiger partial charge in [0, 0.05) is 37.3 Å². The van der Waals surface area contributed by atoms with Crippen molar-refractivity contribution in [3.63, 3.8) is 0 Å². The van der Waals surface area contributed by atoms with E-state index in [2.05, 4.69) is 24.1 Å². The van der Waals surface area contributed by atoms with Gasteiger partial charge in [-0.15, -0.1) is 0 Å². The lowest BCUT2D eigenvalue weighted by atomic mass is 10.1. The molecule has 4 heteroatoms. The molecule has 2 N–H and O–H groups in total. The van der Waals surface area contributed by atoms with Gasteiger partial charge in [-0.05, 0) is 19.9 Å². The van der Waals surface area contributed by atoms with Gasteiger partial charge in [0.15, 0.2) is 11.5 Å². The first-order valence-corrected chi connectivity index (χ1v) is 6.44. The Hall–Kier alpha value is -1.26. The molecule has 1 aromatic carbocycles. The largest absolute Gasteiger partial charge is 0.504 e. The second kappa shape index (κ2) is 5.59. The molecule has 4 nitrogen and oxygen atoms in total. The molecule has 0 aromatic heterocycles. The van der Waals surface area contributed by atoms with Crippen molar-refractivity contribution in [2.24, 2.45) is 0 Å². The lowest BCUT2D eigenvalue weighted by Gasteiger charge is -2.37. The number of phenolic OH excluding ortho intramolecular Hbond substituents is 1. The number of nitrogens with zero attached hydrogens (tertiary/aromatic N) is 1. The molecule has 0 spiro atoms. The standard InChI is InChI=1S/C14H22N2O2/c1-10-8-16(11(2)7-15-10)9-12-5-4-6-13(17)14(12)18-3/h4-6,10-11,15,17H,7-9H2,1-3H3. The third-order valence-corrected chi connectivity index (χ3v) is 3.55. The van der Waals surface area contributed by atoms with Crippen molar-refractivity contribution in [2.75, 3.05) is 20.2 Å². The SMILES string of the molecule is COc1c(O)cccc1CN1CC(C)NCC1C. The van der Waals surface area contributed by atoms with Crippen molar-refractivity contribution in [1.29, 1.82) is 0 Å². The minimum absolute atomic E-state index is 0.214. The molecule has 1 fully saturated rings. The summed E-state index contributed by atoms with van der Waals surface area (Å²) in [4.78, 5) is 2.42. The van der Waals surface area contributed by atoms with Gasteiger partial charge in [-0.1, -0.05) is 12.1 Å². The Morgan fingerprint density at radius 3 is 2.94 bits per heavy atom. The summed E-state index contributed by atoms with van der Waals surface area (Å²) in [5.74, 6) is 0.807. The highest BCUT2D eigenvalue weighted by Crippen LogP contribution is 2.31. The fraction of sp³-hybridized carbons (Fsp3) is 0.571. The normalized spacial score (nSPS) is 25.1. The maximum absolute atomic E-state index is 9.78. The summed E-state index contributed by atoms with van der Waals surface area (Å²) in [6.07, 6.45) is 0. The molecule has 0 radical (unpaired) electrons. The van der Waals surface area contributed by atoms with E-state index in [1.807, 2.05) is 12.1 Å². The Morgan fingerprint density at radius 1 is 1.44 bits per heavy atom. The van der Waals surface area contributed by atoms with Crippen molar-refractivity contribution in [2.45, 2.75) is 32.5 Å². The molecule has 2 unspecified atom stereocenters. The highest BCUT2D eigenvalue weighted by Gasteiger charge is 2.23. The second-order valence-corrected chi connectivity index (χ2v) is 5.06. The highest BCUT2D eigenvalue weighted by molar-refractivity contribution is 5.45. The van der Waals surface area contributed by atoms with E-state index >= 15 is 0 Å². The van der Waals surface area contributed by atoms with E-state index in [1.165, 1.54) is 0 Å². The molecule has 18 heavy (non-hydrogen) atoms. The maximum atomic E-state index is 9.78. The number of hydrogen-bond acceptors (Lipinski definition) is 4. The third-order valence-electron chi connectivity index (χ3n) is 3.55. The number of benzene rings is 1. The van der Waals surface area contributed by atoms with Crippen molar-refractivity contribution in [1.82, 2.24) is 10.2 Å². The van der Waals surface area contributed by atoms with Gasteiger partial charge in [-0.25, -0.2) is 0 Å². The number of rotatable bonds is 3. The van der Waals surface area contributed by atoms with Crippen LogP contribution < -0.4 is 10.1 Å². The minimum Gasteiger partial charge on any atom is -0.504 e. The number of piperazine rings is 1. The number of aromatic hydroxyl groups is 1. The number of nitrogens with one attached hydrogen (secondary N) is 1. The van der Waals surface area contributed by atoms with Crippen molar-refractivity contribution in [3.8, 4) is 11.5 Å². The lowest BCUT2D eigenvalue weighted by Crippen LogP contribution is -2.53. The Kier molecular flexibility index (Phi) is 4.09. The van der Waals surface area contributed by atoms with Gasteiger partial charge in [0.05, 0.1) is 7.11 Å². The van der Waals surface area contributed by atoms with Crippen molar-refractivity contribution < 1.29 is 9.84 Å². The predicted octanol–water partition coefficient (Wildman–Crippen LogP) is 1.58. The molecule has 1 aromatic rings. The van der Waals surface area contributed by atoms with Crippen LogP contribution in [0.1, 0.15) is 19.4 Å². The zero-order chi connectivity index (χ0) is 13.1. The average molecular weight is 250 g/mol. The Labute approximate surface area is 109 Å². The third kappa shape index (κ3) is 2.76.